The predicted octanol–water partition coefficient (Wildman–Crippen LogP) is 1.87. The molecule has 86 valence electrons. The monoisotopic (exact) mass is 211 g/mol. The highest BCUT2D eigenvalue weighted by molar-refractivity contribution is 5.42. The Labute approximate surface area is 91.4 Å². The third-order valence-corrected chi connectivity index (χ3v) is 2.48. The maximum absolute atomic E-state index is 5.87. The Kier molecular flexibility index (Phi) is 4.15. The zero-order chi connectivity index (χ0) is 11.4. The van der Waals surface area contributed by atoms with Crippen molar-refractivity contribution < 1.29 is 4.74 Å². The van der Waals surface area contributed by atoms with E-state index in [1.54, 1.807) is 4.68 Å². The van der Waals surface area contributed by atoms with Crippen molar-refractivity contribution >= 4 is 5.82 Å². The van der Waals surface area contributed by atoms with Gasteiger partial charge in [-0.3, -0.25) is 4.68 Å². The Morgan fingerprint density at radius 2 is 2.13 bits per heavy atom. The van der Waals surface area contributed by atoms with E-state index in [9.17, 15) is 0 Å². The van der Waals surface area contributed by atoms with E-state index < -0.39 is 0 Å². The summed E-state index contributed by atoms with van der Waals surface area (Å²) in [6, 6.07) is 0. The minimum absolute atomic E-state index is 0.568. The lowest BCUT2D eigenvalue weighted by Gasteiger charge is -2.06. The Morgan fingerprint density at radius 1 is 1.47 bits per heavy atom. The van der Waals surface area contributed by atoms with E-state index >= 15 is 0 Å². The van der Waals surface area contributed by atoms with Crippen LogP contribution in [0, 0.1) is 12.8 Å². The van der Waals surface area contributed by atoms with Crippen LogP contribution in [0.5, 0.6) is 0 Å². The lowest BCUT2D eigenvalue weighted by atomic mass is 10.1. The van der Waals surface area contributed by atoms with Crippen LogP contribution in [0.25, 0.3) is 0 Å². The summed E-state index contributed by atoms with van der Waals surface area (Å²) in [5.74, 6) is 1.38. The molecule has 0 saturated carbocycles. The van der Waals surface area contributed by atoms with Gasteiger partial charge in [0.1, 0.15) is 5.82 Å². The summed E-state index contributed by atoms with van der Waals surface area (Å²) in [6.45, 7) is 7.68. The molecule has 1 aromatic heterocycles. The normalized spacial score (nSPS) is 11.3. The van der Waals surface area contributed by atoms with E-state index in [1.807, 2.05) is 14.0 Å². The van der Waals surface area contributed by atoms with Gasteiger partial charge >= 0.3 is 0 Å². The lowest BCUT2D eigenvalue weighted by molar-refractivity contribution is 0.111. The van der Waals surface area contributed by atoms with Crippen LogP contribution >= 0.6 is 0 Å². The second-order valence-electron chi connectivity index (χ2n) is 4.31. The molecular formula is C11H21N3O. The average molecular weight is 211 g/mol. The molecule has 0 amide bonds. The molecule has 0 radical (unpaired) electrons. The van der Waals surface area contributed by atoms with Gasteiger partial charge in [-0.05, 0) is 19.3 Å². The molecule has 4 heteroatoms. The van der Waals surface area contributed by atoms with Gasteiger partial charge in [-0.15, -0.1) is 0 Å². The smallest absolute Gasteiger partial charge is 0.127 e. The molecule has 0 spiro atoms. The summed E-state index contributed by atoms with van der Waals surface area (Å²) < 4.78 is 7.26. The van der Waals surface area contributed by atoms with Crippen LogP contribution in [0.3, 0.4) is 0 Å². The van der Waals surface area contributed by atoms with E-state index in [-0.39, 0.29) is 0 Å². The summed E-state index contributed by atoms with van der Waals surface area (Å²) >= 11 is 0. The summed E-state index contributed by atoms with van der Waals surface area (Å²) in [5.41, 5.74) is 7.84. The number of nitrogens with zero attached hydrogens (tertiary/aromatic N) is 2. The fourth-order valence-corrected chi connectivity index (χ4v) is 1.39. The minimum Gasteiger partial charge on any atom is -0.384 e. The van der Waals surface area contributed by atoms with Crippen molar-refractivity contribution in [1.82, 2.24) is 9.78 Å². The van der Waals surface area contributed by atoms with Crippen molar-refractivity contribution in [2.24, 2.45) is 13.0 Å². The fourth-order valence-electron chi connectivity index (χ4n) is 1.39. The lowest BCUT2D eigenvalue weighted by Crippen LogP contribution is -2.03. The molecule has 0 aromatic carbocycles. The summed E-state index contributed by atoms with van der Waals surface area (Å²) in [5, 5.41) is 4.24. The largest absolute Gasteiger partial charge is 0.384 e. The maximum Gasteiger partial charge on any atom is 0.127 e. The molecule has 1 rings (SSSR count). The second-order valence-corrected chi connectivity index (χ2v) is 4.31. The molecule has 0 fully saturated rings. The Morgan fingerprint density at radius 3 is 2.60 bits per heavy atom. The number of aromatic nitrogens is 2. The SMILES string of the molecule is Cc1nn(C)c(N)c1COCCC(C)C. The van der Waals surface area contributed by atoms with E-state index in [4.69, 9.17) is 10.5 Å². The first-order chi connectivity index (χ1) is 7.02. The number of ether oxygens (including phenoxy) is 1. The molecule has 2 N–H and O–H groups in total. The minimum atomic E-state index is 0.568. The van der Waals surface area contributed by atoms with E-state index in [0.29, 0.717) is 18.3 Å². The van der Waals surface area contributed by atoms with E-state index in [0.717, 1.165) is 24.3 Å². The number of nitrogen functional groups attached to an aromatic ring is 1. The van der Waals surface area contributed by atoms with Crippen LogP contribution < -0.4 is 5.73 Å². The van der Waals surface area contributed by atoms with Crippen LogP contribution in [0.2, 0.25) is 0 Å². The van der Waals surface area contributed by atoms with Gasteiger partial charge < -0.3 is 10.5 Å². The first kappa shape index (κ1) is 12.0. The third-order valence-electron chi connectivity index (χ3n) is 2.48. The van der Waals surface area contributed by atoms with Gasteiger partial charge in [-0.1, -0.05) is 13.8 Å². The standard InChI is InChI=1S/C11H21N3O/c1-8(2)5-6-15-7-10-9(3)13-14(4)11(10)12/h8H,5-7,12H2,1-4H3. The van der Waals surface area contributed by atoms with Crippen LogP contribution in [0.15, 0.2) is 0 Å². The van der Waals surface area contributed by atoms with Crippen LogP contribution in [-0.2, 0) is 18.4 Å². The molecule has 1 aromatic rings. The molecule has 15 heavy (non-hydrogen) atoms. The zero-order valence-electron chi connectivity index (χ0n) is 10.1. The number of aryl methyl sites for hydroxylation is 2. The molecule has 0 aliphatic carbocycles. The van der Waals surface area contributed by atoms with Crippen molar-refractivity contribution in [3.8, 4) is 0 Å². The third kappa shape index (κ3) is 3.23. The average Bonchev–Trinajstić information content (AvgIpc) is 2.37. The van der Waals surface area contributed by atoms with Crippen molar-refractivity contribution in [3.05, 3.63) is 11.3 Å². The highest BCUT2D eigenvalue weighted by Crippen LogP contribution is 2.16. The number of nitrogens with two attached hydrogens (primary N) is 1. The van der Waals surface area contributed by atoms with Crippen molar-refractivity contribution in [3.63, 3.8) is 0 Å². The van der Waals surface area contributed by atoms with Gasteiger partial charge in [0.05, 0.1) is 12.3 Å². The molecule has 0 bridgehead atoms. The number of hydrogen-bond acceptors (Lipinski definition) is 3. The van der Waals surface area contributed by atoms with E-state index in [2.05, 4.69) is 18.9 Å². The Hall–Kier alpha value is -1.03. The van der Waals surface area contributed by atoms with Gasteiger partial charge in [0.2, 0.25) is 0 Å². The molecule has 0 saturated heterocycles. The maximum atomic E-state index is 5.87. The van der Waals surface area contributed by atoms with Gasteiger partial charge in [0.15, 0.2) is 0 Å². The van der Waals surface area contributed by atoms with Gasteiger partial charge in [0, 0.05) is 19.2 Å². The molecular weight excluding hydrogens is 190 g/mol. The predicted molar refractivity (Wildman–Crippen MR) is 61.5 cm³/mol. The number of hydrogen-bond donors (Lipinski definition) is 1. The molecule has 0 aliphatic rings. The first-order valence-corrected chi connectivity index (χ1v) is 5.38. The zero-order valence-corrected chi connectivity index (χ0v) is 10.1. The van der Waals surface area contributed by atoms with Gasteiger partial charge in [0.25, 0.3) is 0 Å². The molecule has 1 heterocycles. The van der Waals surface area contributed by atoms with Gasteiger partial charge in [-0.25, -0.2) is 0 Å². The van der Waals surface area contributed by atoms with Crippen molar-refractivity contribution in [2.45, 2.75) is 33.8 Å². The molecule has 4 nitrogen and oxygen atoms in total. The summed E-state index contributed by atoms with van der Waals surface area (Å²) in [7, 11) is 1.85. The van der Waals surface area contributed by atoms with Gasteiger partial charge in [-0.2, -0.15) is 5.10 Å². The summed E-state index contributed by atoms with van der Waals surface area (Å²) in [6.07, 6.45) is 1.08. The highest BCUT2D eigenvalue weighted by atomic mass is 16.5. The number of rotatable bonds is 5. The fraction of sp³-hybridized carbons (Fsp3) is 0.727. The highest BCUT2D eigenvalue weighted by Gasteiger charge is 2.09. The van der Waals surface area contributed by atoms with Crippen molar-refractivity contribution in [1.29, 1.82) is 0 Å². The summed E-state index contributed by atoms with van der Waals surface area (Å²) in [4.78, 5) is 0. The van der Waals surface area contributed by atoms with Crippen molar-refractivity contribution in [2.75, 3.05) is 12.3 Å². The molecule has 0 atom stereocenters. The van der Waals surface area contributed by atoms with E-state index in [1.165, 1.54) is 0 Å². The Balaban J connectivity index is 2.44. The quantitative estimate of drug-likeness (QED) is 0.756. The Bertz CT molecular complexity index is 318. The van der Waals surface area contributed by atoms with Crippen LogP contribution in [0.4, 0.5) is 5.82 Å². The second kappa shape index (κ2) is 5.16. The van der Waals surface area contributed by atoms with Crippen LogP contribution in [-0.4, -0.2) is 16.4 Å². The number of anilines is 1. The topological polar surface area (TPSA) is 53.1 Å². The molecule has 0 unspecified atom stereocenters. The van der Waals surface area contributed by atoms with Crippen LogP contribution in [0.1, 0.15) is 31.5 Å². The molecule has 0 aliphatic heterocycles. The first-order valence-electron chi connectivity index (χ1n) is 5.38.